The highest BCUT2D eigenvalue weighted by molar-refractivity contribution is 4.97. The molecule has 2 unspecified atom stereocenters. The van der Waals surface area contributed by atoms with Crippen LogP contribution >= 0.6 is 0 Å². The summed E-state index contributed by atoms with van der Waals surface area (Å²) in [5, 5.41) is 7.43. The molecule has 0 radical (unpaired) electrons. The van der Waals surface area contributed by atoms with Crippen molar-refractivity contribution in [1.82, 2.24) is 15.5 Å². The van der Waals surface area contributed by atoms with E-state index in [9.17, 15) is 0 Å². The summed E-state index contributed by atoms with van der Waals surface area (Å²) in [6.45, 7) is 9.58. The van der Waals surface area contributed by atoms with E-state index in [1.165, 1.54) is 0 Å². The van der Waals surface area contributed by atoms with Gasteiger partial charge in [-0.05, 0) is 26.3 Å². The summed E-state index contributed by atoms with van der Waals surface area (Å²) in [4.78, 5) is 4.41. The monoisotopic (exact) mass is 225 g/mol. The lowest BCUT2D eigenvalue weighted by atomic mass is 9.98. The molecule has 1 rings (SSSR count). The van der Waals surface area contributed by atoms with Crippen LogP contribution in [0.3, 0.4) is 0 Å². The third-order valence-electron chi connectivity index (χ3n) is 2.88. The van der Waals surface area contributed by atoms with Gasteiger partial charge in [-0.1, -0.05) is 25.9 Å². The fourth-order valence-corrected chi connectivity index (χ4v) is 1.82. The van der Waals surface area contributed by atoms with Crippen LogP contribution in [0.25, 0.3) is 0 Å². The Labute approximate surface area is 97.8 Å². The fourth-order valence-electron chi connectivity index (χ4n) is 1.82. The molecule has 1 aromatic heterocycles. The molecule has 1 aromatic rings. The van der Waals surface area contributed by atoms with E-state index in [1.807, 2.05) is 6.92 Å². The minimum Gasteiger partial charge on any atom is -0.339 e. The SMILES string of the molecule is CCCNC(C)C(CC)c1nc(CC)no1. The maximum absolute atomic E-state index is 5.31. The molecule has 0 bridgehead atoms. The zero-order valence-corrected chi connectivity index (χ0v) is 10.8. The molecule has 92 valence electrons. The van der Waals surface area contributed by atoms with Crippen LogP contribution in [0.4, 0.5) is 0 Å². The lowest BCUT2D eigenvalue weighted by Gasteiger charge is -2.20. The number of rotatable bonds is 7. The first-order chi connectivity index (χ1) is 7.72. The maximum atomic E-state index is 5.31. The summed E-state index contributed by atoms with van der Waals surface area (Å²) >= 11 is 0. The molecule has 0 fully saturated rings. The van der Waals surface area contributed by atoms with Crippen LogP contribution in [0.1, 0.15) is 58.2 Å². The number of nitrogens with zero attached hydrogens (tertiary/aromatic N) is 2. The molecule has 0 amide bonds. The summed E-state index contributed by atoms with van der Waals surface area (Å²) < 4.78 is 5.31. The van der Waals surface area contributed by atoms with Crippen molar-refractivity contribution in [3.05, 3.63) is 11.7 Å². The van der Waals surface area contributed by atoms with Crippen molar-refractivity contribution in [2.45, 2.75) is 58.9 Å². The first-order valence-electron chi connectivity index (χ1n) is 6.28. The van der Waals surface area contributed by atoms with Gasteiger partial charge in [0.2, 0.25) is 5.89 Å². The lowest BCUT2D eigenvalue weighted by molar-refractivity contribution is 0.314. The number of aryl methyl sites for hydroxylation is 1. The highest BCUT2D eigenvalue weighted by atomic mass is 16.5. The van der Waals surface area contributed by atoms with Crippen LogP contribution in [0.15, 0.2) is 4.52 Å². The molecule has 4 nitrogen and oxygen atoms in total. The molecule has 1 heterocycles. The Hall–Kier alpha value is -0.900. The van der Waals surface area contributed by atoms with Crippen LogP contribution < -0.4 is 5.32 Å². The normalized spacial score (nSPS) is 15.0. The Morgan fingerprint density at radius 2 is 2.06 bits per heavy atom. The Balaban J connectivity index is 2.65. The van der Waals surface area contributed by atoms with Crippen molar-refractivity contribution in [3.63, 3.8) is 0 Å². The zero-order valence-electron chi connectivity index (χ0n) is 10.8. The fraction of sp³-hybridized carbons (Fsp3) is 0.833. The Kier molecular flexibility index (Phi) is 5.46. The second-order valence-corrected chi connectivity index (χ2v) is 4.16. The Morgan fingerprint density at radius 3 is 2.56 bits per heavy atom. The topological polar surface area (TPSA) is 51.0 Å². The highest BCUT2D eigenvalue weighted by Crippen LogP contribution is 2.21. The lowest BCUT2D eigenvalue weighted by Crippen LogP contribution is -2.32. The van der Waals surface area contributed by atoms with Gasteiger partial charge >= 0.3 is 0 Å². The van der Waals surface area contributed by atoms with E-state index in [4.69, 9.17) is 4.52 Å². The molecule has 16 heavy (non-hydrogen) atoms. The van der Waals surface area contributed by atoms with Gasteiger partial charge in [-0.15, -0.1) is 0 Å². The first-order valence-corrected chi connectivity index (χ1v) is 6.28. The second-order valence-electron chi connectivity index (χ2n) is 4.16. The van der Waals surface area contributed by atoms with Crippen LogP contribution in [0.5, 0.6) is 0 Å². The van der Waals surface area contributed by atoms with Crippen molar-refractivity contribution < 1.29 is 4.52 Å². The van der Waals surface area contributed by atoms with Gasteiger partial charge in [0, 0.05) is 12.5 Å². The van der Waals surface area contributed by atoms with E-state index in [-0.39, 0.29) is 0 Å². The van der Waals surface area contributed by atoms with Gasteiger partial charge in [-0.2, -0.15) is 4.98 Å². The van der Waals surface area contributed by atoms with Crippen LogP contribution in [0, 0.1) is 0 Å². The van der Waals surface area contributed by atoms with Crippen molar-refractivity contribution in [2.24, 2.45) is 0 Å². The van der Waals surface area contributed by atoms with E-state index in [0.29, 0.717) is 12.0 Å². The summed E-state index contributed by atoms with van der Waals surface area (Å²) in [5.41, 5.74) is 0. The predicted octanol–water partition coefficient (Wildman–Crippen LogP) is 2.51. The maximum Gasteiger partial charge on any atom is 0.231 e. The van der Waals surface area contributed by atoms with Crippen LogP contribution in [-0.4, -0.2) is 22.7 Å². The minimum atomic E-state index is 0.319. The quantitative estimate of drug-likeness (QED) is 0.774. The largest absolute Gasteiger partial charge is 0.339 e. The van der Waals surface area contributed by atoms with Gasteiger partial charge < -0.3 is 9.84 Å². The van der Waals surface area contributed by atoms with E-state index >= 15 is 0 Å². The van der Waals surface area contributed by atoms with Crippen molar-refractivity contribution >= 4 is 0 Å². The molecule has 0 saturated heterocycles. The molecular formula is C12H23N3O. The molecule has 1 N–H and O–H groups in total. The number of hydrogen-bond donors (Lipinski definition) is 1. The van der Waals surface area contributed by atoms with Crippen molar-refractivity contribution in [2.75, 3.05) is 6.54 Å². The minimum absolute atomic E-state index is 0.319. The van der Waals surface area contributed by atoms with E-state index < -0.39 is 0 Å². The van der Waals surface area contributed by atoms with Gasteiger partial charge in [0.05, 0.1) is 5.92 Å². The molecule has 0 spiro atoms. The van der Waals surface area contributed by atoms with Gasteiger partial charge in [0.1, 0.15) is 0 Å². The van der Waals surface area contributed by atoms with Crippen molar-refractivity contribution in [1.29, 1.82) is 0 Å². The van der Waals surface area contributed by atoms with E-state index in [2.05, 4.69) is 36.2 Å². The third kappa shape index (κ3) is 3.30. The molecule has 2 atom stereocenters. The van der Waals surface area contributed by atoms with E-state index in [1.54, 1.807) is 0 Å². The smallest absolute Gasteiger partial charge is 0.231 e. The summed E-state index contributed by atoms with van der Waals surface area (Å²) in [6, 6.07) is 0.384. The number of aromatic nitrogens is 2. The second kappa shape index (κ2) is 6.63. The first kappa shape index (κ1) is 13.2. The summed E-state index contributed by atoms with van der Waals surface area (Å²) in [5.74, 6) is 1.89. The molecule has 0 aliphatic rings. The third-order valence-corrected chi connectivity index (χ3v) is 2.88. The molecular weight excluding hydrogens is 202 g/mol. The standard InChI is InChI=1S/C12H23N3O/c1-5-8-13-9(4)10(6-2)12-14-11(7-3)15-16-12/h9-10,13H,5-8H2,1-4H3. The number of hydrogen-bond acceptors (Lipinski definition) is 4. The van der Waals surface area contributed by atoms with Crippen LogP contribution in [0.2, 0.25) is 0 Å². The summed E-state index contributed by atoms with van der Waals surface area (Å²) in [7, 11) is 0. The molecule has 0 saturated carbocycles. The molecule has 4 heteroatoms. The van der Waals surface area contributed by atoms with Gasteiger partial charge in [0.15, 0.2) is 5.82 Å². The number of nitrogens with one attached hydrogen (secondary N) is 1. The Morgan fingerprint density at radius 1 is 1.31 bits per heavy atom. The molecule has 0 aliphatic carbocycles. The highest BCUT2D eigenvalue weighted by Gasteiger charge is 2.22. The average molecular weight is 225 g/mol. The Bertz CT molecular complexity index is 298. The van der Waals surface area contributed by atoms with Gasteiger partial charge in [-0.3, -0.25) is 0 Å². The zero-order chi connectivity index (χ0) is 12.0. The molecule has 0 aromatic carbocycles. The summed E-state index contributed by atoms with van der Waals surface area (Å²) in [6.07, 6.45) is 2.99. The van der Waals surface area contributed by atoms with Crippen molar-refractivity contribution in [3.8, 4) is 0 Å². The predicted molar refractivity (Wildman–Crippen MR) is 64.5 cm³/mol. The molecule has 0 aliphatic heterocycles. The van der Waals surface area contributed by atoms with Gasteiger partial charge in [0.25, 0.3) is 0 Å². The van der Waals surface area contributed by atoms with E-state index in [0.717, 1.165) is 37.5 Å². The van der Waals surface area contributed by atoms with Crippen LogP contribution in [-0.2, 0) is 6.42 Å². The average Bonchev–Trinajstić information content (AvgIpc) is 2.76. The van der Waals surface area contributed by atoms with Gasteiger partial charge in [-0.25, -0.2) is 0 Å².